The highest BCUT2D eigenvalue weighted by Gasteiger charge is 2.38. The maximum Gasteiger partial charge on any atom is 0.490 e. The highest BCUT2D eigenvalue weighted by Crippen LogP contribution is 2.20. The topological polar surface area (TPSA) is 81.7 Å². The molecule has 10 heteroatoms. The van der Waals surface area contributed by atoms with Crippen molar-refractivity contribution in [3.05, 3.63) is 47.8 Å². The number of nitrogens with zero attached hydrogens (tertiary/aromatic N) is 3. The highest BCUT2D eigenvalue weighted by molar-refractivity contribution is 5.73. The van der Waals surface area contributed by atoms with Crippen molar-refractivity contribution in [1.29, 1.82) is 0 Å². The fraction of sp³-hybridized carbons (Fsp3) is 0.444. The number of carboxylic acids is 1. The first-order valence-electron chi connectivity index (χ1n) is 8.64. The predicted molar refractivity (Wildman–Crippen MR) is 95.8 cm³/mol. The number of aliphatic carboxylic acids is 1. The molecule has 3 rings (SSSR count). The van der Waals surface area contributed by atoms with Gasteiger partial charge >= 0.3 is 12.1 Å². The molecule has 7 nitrogen and oxygen atoms in total. The molecule has 1 aliphatic heterocycles. The minimum absolute atomic E-state index is 0.960. The number of aromatic nitrogens is 2. The van der Waals surface area contributed by atoms with E-state index in [0.29, 0.717) is 0 Å². The summed E-state index contributed by atoms with van der Waals surface area (Å²) in [5.74, 6) is -1.77. The van der Waals surface area contributed by atoms with Crippen molar-refractivity contribution < 1.29 is 27.8 Å². The zero-order valence-electron chi connectivity index (χ0n) is 15.4. The fourth-order valence-electron chi connectivity index (χ4n) is 2.79. The third-order valence-electron chi connectivity index (χ3n) is 4.25. The Kier molecular flexibility index (Phi) is 7.82. The van der Waals surface area contributed by atoms with Crippen LogP contribution in [0.15, 0.2) is 36.5 Å². The van der Waals surface area contributed by atoms with Gasteiger partial charge in [-0.15, -0.1) is 0 Å². The second kappa shape index (κ2) is 10.1. The van der Waals surface area contributed by atoms with E-state index in [1.54, 1.807) is 7.11 Å². The number of hydrogen-bond donors (Lipinski definition) is 2. The monoisotopic (exact) mass is 400 g/mol. The Labute approximate surface area is 160 Å². The minimum Gasteiger partial charge on any atom is -0.496 e. The molecule has 154 valence electrons. The summed E-state index contributed by atoms with van der Waals surface area (Å²) in [6, 6.07) is 10.3. The Bertz CT molecular complexity index is 730. The van der Waals surface area contributed by atoms with Gasteiger partial charge in [0, 0.05) is 56.7 Å². The van der Waals surface area contributed by atoms with Gasteiger partial charge in [0.25, 0.3) is 0 Å². The number of piperazine rings is 1. The zero-order valence-corrected chi connectivity index (χ0v) is 15.4. The standard InChI is InChI=1S/C16H22N4O.C2HF3O2/c1-21-16-5-3-2-4-14(16)12-19-8-10-20(11-9-19)13-15-6-7-17-18-15;3-2(4,5)1(6)7/h2-7H,8-13H2,1H3,(H,17,18);(H,6,7). The molecular formula is C18H23F3N4O3. The van der Waals surface area contributed by atoms with Crippen LogP contribution in [0.4, 0.5) is 13.2 Å². The normalized spacial score (nSPS) is 15.6. The van der Waals surface area contributed by atoms with E-state index >= 15 is 0 Å². The van der Waals surface area contributed by atoms with E-state index in [-0.39, 0.29) is 0 Å². The lowest BCUT2D eigenvalue weighted by Gasteiger charge is -2.34. The molecule has 2 aromatic rings. The fourth-order valence-corrected chi connectivity index (χ4v) is 2.79. The van der Waals surface area contributed by atoms with Crippen LogP contribution >= 0.6 is 0 Å². The maximum atomic E-state index is 10.6. The number of benzene rings is 1. The van der Waals surface area contributed by atoms with Gasteiger partial charge in [-0.05, 0) is 12.1 Å². The Morgan fingerprint density at radius 1 is 1.14 bits per heavy atom. The second-order valence-corrected chi connectivity index (χ2v) is 6.25. The smallest absolute Gasteiger partial charge is 0.490 e. The van der Waals surface area contributed by atoms with Gasteiger partial charge in [-0.2, -0.15) is 18.3 Å². The van der Waals surface area contributed by atoms with E-state index in [9.17, 15) is 13.2 Å². The maximum absolute atomic E-state index is 10.6. The van der Waals surface area contributed by atoms with Gasteiger partial charge in [-0.25, -0.2) is 4.79 Å². The lowest BCUT2D eigenvalue weighted by atomic mass is 10.1. The molecular weight excluding hydrogens is 377 g/mol. The van der Waals surface area contributed by atoms with Crippen LogP contribution in [0.2, 0.25) is 0 Å². The summed E-state index contributed by atoms with van der Waals surface area (Å²) in [4.78, 5) is 13.8. The summed E-state index contributed by atoms with van der Waals surface area (Å²) >= 11 is 0. The van der Waals surface area contributed by atoms with Gasteiger partial charge in [-0.3, -0.25) is 14.9 Å². The van der Waals surface area contributed by atoms with Gasteiger partial charge in [-0.1, -0.05) is 18.2 Å². The van der Waals surface area contributed by atoms with Crippen LogP contribution in [0.3, 0.4) is 0 Å². The Hall–Kier alpha value is -2.59. The van der Waals surface area contributed by atoms with E-state index < -0.39 is 12.1 Å². The summed E-state index contributed by atoms with van der Waals surface area (Å²) in [5.41, 5.74) is 2.45. The molecule has 1 aliphatic rings. The van der Waals surface area contributed by atoms with E-state index in [4.69, 9.17) is 14.6 Å². The number of methoxy groups -OCH3 is 1. The zero-order chi connectivity index (χ0) is 20.6. The van der Waals surface area contributed by atoms with Crippen molar-refractivity contribution in [2.45, 2.75) is 19.3 Å². The molecule has 2 N–H and O–H groups in total. The number of H-pyrrole nitrogens is 1. The number of hydrogen-bond acceptors (Lipinski definition) is 5. The number of nitrogens with one attached hydrogen (secondary N) is 1. The molecule has 1 fully saturated rings. The molecule has 1 aromatic heterocycles. The number of para-hydroxylation sites is 1. The van der Waals surface area contributed by atoms with Crippen LogP contribution in [0.25, 0.3) is 0 Å². The van der Waals surface area contributed by atoms with Crippen molar-refractivity contribution in [2.24, 2.45) is 0 Å². The van der Waals surface area contributed by atoms with Crippen LogP contribution in [-0.2, 0) is 17.9 Å². The van der Waals surface area contributed by atoms with Gasteiger partial charge in [0.15, 0.2) is 0 Å². The Morgan fingerprint density at radius 2 is 1.71 bits per heavy atom. The molecule has 0 saturated carbocycles. The number of carboxylic acid groups (broad SMARTS) is 1. The van der Waals surface area contributed by atoms with E-state index in [0.717, 1.165) is 45.0 Å². The average molecular weight is 400 g/mol. The molecule has 0 spiro atoms. The largest absolute Gasteiger partial charge is 0.496 e. The number of halogens is 3. The summed E-state index contributed by atoms with van der Waals surface area (Å²) in [6.07, 6.45) is -3.27. The second-order valence-electron chi connectivity index (χ2n) is 6.25. The van der Waals surface area contributed by atoms with Crippen molar-refractivity contribution in [3.63, 3.8) is 0 Å². The molecule has 0 amide bonds. The van der Waals surface area contributed by atoms with Crippen molar-refractivity contribution in [2.75, 3.05) is 33.3 Å². The first kappa shape index (κ1) is 21.7. The summed E-state index contributed by atoms with van der Waals surface area (Å²) in [5, 5.41) is 14.2. The van der Waals surface area contributed by atoms with Gasteiger partial charge < -0.3 is 9.84 Å². The minimum atomic E-state index is -5.08. The van der Waals surface area contributed by atoms with Crippen LogP contribution in [0.5, 0.6) is 5.75 Å². The SMILES string of the molecule is COc1ccccc1CN1CCN(Cc2ccn[nH]2)CC1.O=C(O)C(F)(F)F. The third-order valence-corrected chi connectivity index (χ3v) is 4.25. The van der Waals surface area contributed by atoms with Gasteiger partial charge in [0.1, 0.15) is 5.75 Å². The van der Waals surface area contributed by atoms with Crippen LogP contribution in [-0.4, -0.2) is 70.5 Å². The van der Waals surface area contributed by atoms with Crippen LogP contribution < -0.4 is 4.74 Å². The molecule has 28 heavy (non-hydrogen) atoms. The molecule has 2 heterocycles. The summed E-state index contributed by atoms with van der Waals surface area (Å²) < 4.78 is 37.2. The summed E-state index contributed by atoms with van der Waals surface area (Å²) in [6.45, 7) is 6.28. The van der Waals surface area contributed by atoms with Crippen molar-refractivity contribution >= 4 is 5.97 Å². The lowest BCUT2D eigenvalue weighted by Crippen LogP contribution is -2.45. The number of carbonyl (C=O) groups is 1. The Balaban J connectivity index is 0.000000345. The van der Waals surface area contributed by atoms with Gasteiger partial charge in [0.05, 0.1) is 7.11 Å². The van der Waals surface area contributed by atoms with E-state index in [1.807, 2.05) is 24.4 Å². The first-order chi connectivity index (χ1) is 13.3. The van der Waals surface area contributed by atoms with E-state index in [2.05, 4.69) is 32.1 Å². The lowest BCUT2D eigenvalue weighted by molar-refractivity contribution is -0.192. The van der Waals surface area contributed by atoms with E-state index in [1.165, 1.54) is 11.3 Å². The van der Waals surface area contributed by atoms with Gasteiger partial charge in [0.2, 0.25) is 0 Å². The molecule has 0 atom stereocenters. The molecule has 1 aromatic carbocycles. The molecule has 0 bridgehead atoms. The Morgan fingerprint density at radius 3 is 2.21 bits per heavy atom. The quantitative estimate of drug-likeness (QED) is 0.802. The predicted octanol–water partition coefficient (Wildman–Crippen LogP) is 2.37. The number of ether oxygens (including phenoxy) is 1. The molecule has 1 saturated heterocycles. The molecule has 0 unspecified atom stereocenters. The highest BCUT2D eigenvalue weighted by atomic mass is 19.4. The summed E-state index contributed by atoms with van der Waals surface area (Å²) in [7, 11) is 1.74. The van der Waals surface area contributed by atoms with Crippen molar-refractivity contribution in [3.8, 4) is 5.75 Å². The number of aromatic amines is 1. The number of alkyl halides is 3. The molecule has 0 aliphatic carbocycles. The van der Waals surface area contributed by atoms with Crippen molar-refractivity contribution in [1.82, 2.24) is 20.0 Å². The van der Waals surface area contributed by atoms with Crippen LogP contribution in [0, 0.1) is 0 Å². The van der Waals surface area contributed by atoms with Crippen LogP contribution in [0.1, 0.15) is 11.3 Å². The first-order valence-corrected chi connectivity index (χ1v) is 8.64. The third kappa shape index (κ3) is 6.86. The molecule has 0 radical (unpaired) electrons. The average Bonchev–Trinajstić information content (AvgIpc) is 3.16. The number of rotatable bonds is 5.